The van der Waals surface area contributed by atoms with E-state index in [4.69, 9.17) is 0 Å². The second-order valence-corrected chi connectivity index (χ2v) is 3.10. The van der Waals surface area contributed by atoms with Crippen LogP contribution >= 0.6 is 0 Å². The van der Waals surface area contributed by atoms with Gasteiger partial charge in [-0.2, -0.15) is 0 Å². The Morgan fingerprint density at radius 3 is 2.57 bits per heavy atom. The highest BCUT2D eigenvalue weighted by Crippen LogP contribution is 2.03. The van der Waals surface area contributed by atoms with Gasteiger partial charge in [0.2, 0.25) is 0 Å². The molecule has 14 heavy (non-hydrogen) atoms. The molecule has 0 aliphatic rings. The van der Waals surface area contributed by atoms with Crippen LogP contribution in [0.5, 0.6) is 0 Å². The lowest BCUT2D eigenvalue weighted by atomic mass is 10.1. The third kappa shape index (κ3) is 6.46. The molecule has 4 nitrogen and oxygen atoms in total. The number of carbonyl (C=O) groups is 1. The third-order valence-electron chi connectivity index (χ3n) is 1.94. The second-order valence-electron chi connectivity index (χ2n) is 3.10. The number of nitrogens with zero attached hydrogens (tertiary/aromatic N) is 1. The van der Waals surface area contributed by atoms with Gasteiger partial charge in [-0.05, 0) is 19.3 Å². The summed E-state index contributed by atoms with van der Waals surface area (Å²) in [5.74, 6) is 0. The summed E-state index contributed by atoms with van der Waals surface area (Å²) in [5, 5.41) is 6.13. The minimum absolute atomic E-state index is 0.508. The van der Waals surface area contributed by atoms with Crippen molar-refractivity contribution < 1.29 is 9.63 Å². The van der Waals surface area contributed by atoms with Crippen molar-refractivity contribution in [3.8, 4) is 0 Å². The van der Waals surface area contributed by atoms with E-state index in [0.717, 1.165) is 25.0 Å². The van der Waals surface area contributed by atoms with Gasteiger partial charge in [-0.1, -0.05) is 31.8 Å². The number of carbonyl (C=O) groups excluding carboxylic acids is 1. The van der Waals surface area contributed by atoms with Crippen molar-refractivity contribution >= 4 is 11.8 Å². The summed E-state index contributed by atoms with van der Waals surface area (Å²) in [7, 11) is 1.51. The van der Waals surface area contributed by atoms with Crippen LogP contribution in [-0.4, -0.2) is 18.9 Å². The standard InChI is InChI=1S/C10H20N2O2/c1-4-6-7-8-9(5-2)12-14-10(13)11-3/h4-8H2,1-3H3,(H,11,13). The highest BCUT2D eigenvalue weighted by Gasteiger charge is 2.00. The van der Waals surface area contributed by atoms with Crippen LogP contribution in [0.1, 0.15) is 46.0 Å². The molecular formula is C10H20N2O2. The first-order valence-corrected chi connectivity index (χ1v) is 5.19. The summed E-state index contributed by atoms with van der Waals surface area (Å²) < 4.78 is 0. The summed E-state index contributed by atoms with van der Waals surface area (Å²) in [4.78, 5) is 15.3. The SMILES string of the molecule is CCCCCC(CC)=NOC(=O)NC. The number of unbranched alkanes of at least 4 members (excludes halogenated alkanes) is 2. The van der Waals surface area contributed by atoms with Gasteiger partial charge in [0.05, 0.1) is 5.71 Å². The first kappa shape index (κ1) is 12.9. The maximum Gasteiger partial charge on any atom is 0.433 e. The van der Waals surface area contributed by atoms with Crippen molar-refractivity contribution in [1.82, 2.24) is 5.32 Å². The Balaban J connectivity index is 3.80. The normalized spacial score (nSPS) is 11.2. The summed E-state index contributed by atoms with van der Waals surface area (Å²) in [6.07, 6.45) is 4.74. The fraction of sp³-hybridized carbons (Fsp3) is 0.800. The lowest BCUT2D eigenvalue weighted by Gasteiger charge is -2.02. The van der Waals surface area contributed by atoms with Crippen molar-refractivity contribution in [3.63, 3.8) is 0 Å². The number of hydrogen-bond donors (Lipinski definition) is 1. The van der Waals surface area contributed by atoms with E-state index in [2.05, 4.69) is 22.2 Å². The zero-order valence-corrected chi connectivity index (χ0v) is 9.30. The van der Waals surface area contributed by atoms with E-state index in [0.29, 0.717) is 0 Å². The van der Waals surface area contributed by atoms with Gasteiger partial charge in [0, 0.05) is 7.05 Å². The van der Waals surface area contributed by atoms with E-state index in [-0.39, 0.29) is 0 Å². The molecule has 0 saturated heterocycles. The molecule has 4 heteroatoms. The molecule has 0 spiro atoms. The Labute approximate surface area is 85.7 Å². The van der Waals surface area contributed by atoms with Crippen LogP contribution in [-0.2, 0) is 4.84 Å². The quantitative estimate of drug-likeness (QED) is 0.310. The highest BCUT2D eigenvalue weighted by atomic mass is 16.7. The molecule has 1 N–H and O–H groups in total. The lowest BCUT2D eigenvalue weighted by molar-refractivity contribution is 0.152. The Hall–Kier alpha value is -1.06. The Morgan fingerprint density at radius 2 is 2.07 bits per heavy atom. The minimum atomic E-state index is -0.508. The van der Waals surface area contributed by atoms with Crippen LogP contribution in [0.25, 0.3) is 0 Å². The molecule has 0 aromatic heterocycles. The zero-order valence-electron chi connectivity index (χ0n) is 9.30. The zero-order chi connectivity index (χ0) is 10.8. The van der Waals surface area contributed by atoms with Crippen LogP contribution in [0.3, 0.4) is 0 Å². The monoisotopic (exact) mass is 200 g/mol. The van der Waals surface area contributed by atoms with Crippen molar-refractivity contribution in [3.05, 3.63) is 0 Å². The van der Waals surface area contributed by atoms with Gasteiger partial charge in [-0.25, -0.2) is 4.79 Å². The average Bonchev–Trinajstić information content (AvgIpc) is 2.22. The Bertz CT molecular complexity index is 191. The fourth-order valence-electron chi connectivity index (χ4n) is 1.02. The van der Waals surface area contributed by atoms with Gasteiger partial charge in [-0.3, -0.25) is 4.84 Å². The number of oxime groups is 1. The molecule has 0 fully saturated rings. The van der Waals surface area contributed by atoms with Gasteiger partial charge in [0.15, 0.2) is 0 Å². The molecule has 0 atom stereocenters. The van der Waals surface area contributed by atoms with Crippen molar-refractivity contribution in [2.45, 2.75) is 46.0 Å². The molecule has 0 aliphatic carbocycles. The highest BCUT2D eigenvalue weighted by molar-refractivity contribution is 5.84. The first-order valence-electron chi connectivity index (χ1n) is 5.19. The predicted molar refractivity (Wildman–Crippen MR) is 57.4 cm³/mol. The third-order valence-corrected chi connectivity index (χ3v) is 1.94. The molecular weight excluding hydrogens is 180 g/mol. The number of nitrogens with one attached hydrogen (secondary N) is 1. The molecule has 0 bridgehead atoms. The molecule has 0 aliphatic heterocycles. The summed E-state index contributed by atoms with van der Waals surface area (Å²) in [5.41, 5.74) is 0.946. The van der Waals surface area contributed by atoms with Gasteiger partial charge in [-0.15, -0.1) is 0 Å². The average molecular weight is 200 g/mol. The maximum absolute atomic E-state index is 10.7. The molecule has 82 valence electrons. The fourth-order valence-corrected chi connectivity index (χ4v) is 1.02. The summed E-state index contributed by atoms with van der Waals surface area (Å²) >= 11 is 0. The lowest BCUT2D eigenvalue weighted by Crippen LogP contribution is -2.17. The van der Waals surface area contributed by atoms with Crippen molar-refractivity contribution in [2.24, 2.45) is 5.16 Å². The maximum atomic E-state index is 10.7. The predicted octanol–water partition coefficient (Wildman–Crippen LogP) is 2.69. The van der Waals surface area contributed by atoms with Crippen LogP contribution in [0, 0.1) is 0 Å². The van der Waals surface area contributed by atoms with E-state index >= 15 is 0 Å². The molecule has 0 rings (SSSR count). The molecule has 0 saturated carbocycles. The smallest absolute Gasteiger partial charge is 0.323 e. The van der Waals surface area contributed by atoms with E-state index in [1.165, 1.54) is 19.9 Å². The molecule has 0 unspecified atom stereocenters. The van der Waals surface area contributed by atoms with E-state index < -0.39 is 6.09 Å². The number of amides is 1. The van der Waals surface area contributed by atoms with E-state index in [1.54, 1.807) is 0 Å². The van der Waals surface area contributed by atoms with Gasteiger partial charge in [0.25, 0.3) is 0 Å². The second kappa shape index (κ2) is 8.53. The largest absolute Gasteiger partial charge is 0.433 e. The molecule has 1 amide bonds. The topological polar surface area (TPSA) is 50.7 Å². The van der Waals surface area contributed by atoms with E-state index in [9.17, 15) is 4.79 Å². The number of rotatable bonds is 6. The van der Waals surface area contributed by atoms with Crippen molar-refractivity contribution in [2.75, 3.05) is 7.05 Å². The van der Waals surface area contributed by atoms with Gasteiger partial charge >= 0.3 is 6.09 Å². The van der Waals surface area contributed by atoms with Crippen molar-refractivity contribution in [1.29, 1.82) is 0 Å². The molecule has 0 radical (unpaired) electrons. The van der Waals surface area contributed by atoms with Crippen LogP contribution < -0.4 is 5.32 Å². The Kier molecular flexibility index (Phi) is 7.89. The summed E-state index contributed by atoms with van der Waals surface area (Å²) in [6.45, 7) is 4.17. The van der Waals surface area contributed by atoms with Gasteiger partial charge in [0.1, 0.15) is 0 Å². The summed E-state index contributed by atoms with van der Waals surface area (Å²) in [6, 6.07) is 0. The molecule has 0 aromatic rings. The van der Waals surface area contributed by atoms with Crippen LogP contribution in [0.4, 0.5) is 4.79 Å². The van der Waals surface area contributed by atoms with Gasteiger partial charge < -0.3 is 5.32 Å². The first-order chi connectivity index (χ1) is 6.74. The minimum Gasteiger partial charge on any atom is -0.323 e. The number of hydrogen-bond acceptors (Lipinski definition) is 3. The van der Waals surface area contributed by atoms with E-state index in [1.807, 2.05) is 6.92 Å². The molecule has 0 aromatic carbocycles. The Morgan fingerprint density at radius 1 is 1.36 bits per heavy atom. The van der Waals surface area contributed by atoms with Crippen LogP contribution in [0.15, 0.2) is 5.16 Å². The molecule has 0 heterocycles. The van der Waals surface area contributed by atoms with Crippen LogP contribution in [0.2, 0.25) is 0 Å².